The summed E-state index contributed by atoms with van der Waals surface area (Å²) in [4.78, 5) is 2.40. The van der Waals surface area contributed by atoms with Gasteiger partial charge in [0.15, 0.2) is 5.11 Å². The van der Waals surface area contributed by atoms with Crippen molar-refractivity contribution in [3.05, 3.63) is 30.3 Å². The number of hydrogen-bond acceptors (Lipinski definition) is 4. The summed E-state index contributed by atoms with van der Waals surface area (Å²) in [6.07, 6.45) is 0. The lowest BCUT2D eigenvalue weighted by Gasteiger charge is -2.34. The Morgan fingerprint density at radius 3 is 2.73 bits per heavy atom. The van der Waals surface area contributed by atoms with Crippen molar-refractivity contribution in [1.29, 1.82) is 0 Å². The molecule has 1 aliphatic heterocycles. The van der Waals surface area contributed by atoms with E-state index in [-0.39, 0.29) is 0 Å². The van der Waals surface area contributed by atoms with Crippen LogP contribution in [-0.4, -0.2) is 62.1 Å². The van der Waals surface area contributed by atoms with E-state index in [0.717, 1.165) is 45.1 Å². The number of anilines is 1. The minimum atomic E-state index is 0.305. The monoisotopic (exact) mass is 323 g/mol. The van der Waals surface area contributed by atoms with Crippen molar-refractivity contribution in [2.75, 3.05) is 51.4 Å². The van der Waals surface area contributed by atoms with Gasteiger partial charge in [0.2, 0.25) is 0 Å². The smallest absolute Gasteiger partial charge is 0.170 e. The van der Waals surface area contributed by atoms with Crippen LogP contribution in [0.2, 0.25) is 0 Å². The molecule has 0 spiro atoms. The zero-order valence-electron chi connectivity index (χ0n) is 13.1. The Morgan fingerprint density at radius 1 is 1.32 bits per heavy atom. The van der Waals surface area contributed by atoms with Crippen LogP contribution < -0.4 is 10.6 Å². The maximum Gasteiger partial charge on any atom is 0.170 e. The van der Waals surface area contributed by atoms with Crippen LogP contribution in [-0.2, 0) is 9.47 Å². The molecule has 2 rings (SSSR count). The molecule has 1 aromatic rings. The largest absolute Gasteiger partial charge is 0.380 e. The number of morpholine rings is 1. The van der Waals surface area contributed by atoms with E-state index >= 15 is 0 Å². The van der Waals surface area contributed by atoms with E-state index in [1.807, 2.05) is 37.3 Å². The minimum absolute atomic E-state index is 0.305. The summed E-state index contributed by atoms with van der Waals surface area (Å²) in [5.41, 5.74) is 0.993. The van der Waals surface area contributed by atoms with Gasteiger partial charge < -0.3 is 20.1 Å². The van der Waals surface area contributed by atoms with Crippen LogP contribution in [0, 0.1) is 0 Å². The van der Waals surface area contributed by atoms with Gasteiger partial charge in [0, 0.05) is 31.9 Å². The fourth-order valence-corrected chi connectivity index (χ4v) is 2.60. The van der Waals surface area contributed by atoms with Gasteiger partial charge in [-0.1, -0.05) is 18.2 Å². The Kier molecular flexibility index (Phi) is 7.59. The van der Waals surface area contributed by atoms with E-state index in [0.29, 0.717) is 17.8 Å². The molecule has 1 saturated heterocycles. The fourth-order valence-electron chi connectivity index (χ4n) is 2.40. The van der Waals surface area contributed by atoms with E-state index < -0.39 is 0 Å². The molecular formula is C16H25N3O2S. The molecule has 122 valence electrons. The molecule has 0 radical (unpaired) electrons. The van der Waals surface area contributed by atoms with Gasteiger partial charge in [-0.3, -0.25) is 4.90 Å². The summed E-state index contributed by atoms with van der Waals surface area (Å²) in [6.45, 7) is 7.68. The van der Waals surface area contributed by atoms with Crippen molar-refractivity contribution in [3.63, 3.8) is 0 Å². The number of ether oxygens (including phenoxy) is 2. The van der Waals surface area contributed by atoms with Gasteiger partial charge in [-0.2, -0.15) is 0 Å². The SMILES string of the molecule is CCOCC(CNC(=S)Nc1ccccc1)N1CCOCC1. The molecule has 1 aliphatic rings. The average molecular weight is 323 g/mol. The van der Waals surface area contributed by atoms with Crippen LogP contribution in [0.5, 0.6) is 0 Å². The highest BCUT2D eigenvalue weighted by molar-refractivity contribution is 7.80. The summed E-state index contributed by atoms with van der Waals surface area (Å²) in [5.74, 6) is 0. The molecular weight excluding hydrogens is 298 g/mol. The van der Waals surface area contributed by atoms with E-state index in [2.05, 4.69) is 15.5 Å². The zero-order valence-corrected chi connectivity index (χ0v) is 13.9. The first-order valence-corrected chi connectivity index (χ1v) is 8.20. The highest BCUT2D eigenvalue weighted by Gasteiger charge is 2.21. The van der Waals surface area contributed by atoms with Gasteiger partial charge in [0.25, 0.3) is 0 Å². The van der Waals surface area contributed by atoms with Crippen LogP contribution in [0.4, 0.5) is 5.69 Å². The molecule has 1 heterocycles. The Hall–Kier alpha value is -1.21. The molecule has 1 aromatic carbocycles. The molecule has 22 heavy (non-hydrogen) atoms. The number of nitrogens with one attached hydrogen (secondary N) is 2. The number of hydrogen-bond donors (Lipinski definition) is 2. The molecule has 5 nitrogen and oxygen atoms in total. The third-order valence-electron chi connectivity index (χ3n) is 3.61. The zero-order chi connectivity index (χ0) is 15.6. The fraction of sp³-hybridized carbons (Fsp3) is 0.562. The maximum atomic E-state index is 5.61. The number of thiocarbonyl (C=S) groups is 1. The van der Waals surface area contributed by atoms with E-state index in [4.69, 9.17) is 21.7 Å². The molecule has 0 saturated carbocycles. The highest BCUT2D eigenvalue weighted by Crippen LogP contribution is 2.06. The summed E-state index contributed by atoms with van der Waals surface area (Å²) in [5, 5.41) is 7.13. The normalized spacial score (nSPS) is 17.0. The van der Waals surface area contributed by atoms with Gasteiger partial charge in [0.1, 0.15) is 0 Å². The van der Waals surface area contributed by atoms with E-state index in [1.54, 1.807) is 0 Å². The molecule has 0 bridgehead atoms. The van der Waals surface area contributed by atoms with Gasteiger partial charge in [-0.05, 0) is 31.3 Å². The summed E-state index contributed by atoms with van der Waals surface area (Å²) in [7, 11) is 0. The molecule has 1 unspecified atom stereocenters. The second-order valence-corrected chi connectivity index (χ2v) is 5.57. The van der Waals surface area contributed by atoms with Crippen molar-refractivity contribution in [2.24, 2.45) is 0 Å². The first-order valence-electron chi connectivity index (χ1n) is 7.79. The van der Waals surface area contributed by atoms with Crippen molar-refractivity contribution >= 4 is 23.0 Å². The lowest BCUT2D eigenvalue weighted by Crippen LogP contribution is -2.51. The average Bonchev–Trinajstić information content (AvgIpc) is 2.57. The Morgan fingerprint density at radius 2 is 2.05 bits per heavy atom. The topological polar surface area (TPSA) is 45.8 Å². The van der Waals surface area contributed by atoms with Crippen LogP contribution in [0.1, 0.15) is 6.92 Å². The quantitative estimate of drug-likeness (QED) is 0.745. The van der Waals surface area contributed by atoms with Crippen molar-refractivity contribution < 1.29 is 9.47 Å². The predicted molar refractivity (Wildman–Crippen MR) is 93.3 cm³/mol. The van der Waals surface area contributed by atoms with Crippen LogP contribution in [0.3, 0.4) is 0 Å². The van der Waals surface area contributed by atoms with Gasteiger partial charge >= 0.3 is 0 Å². The van der Waals surface area contributed by atoms with E-state index in [9.17, 15) is 0 Å². The van der Waals surface area contributed by atoms with Crippen molar-refractivity contribution in [1.82, 2.24) is 10.2 Å². The molecule has 1 atom stereocenters. The number of nitrogens with zero attached hydrogens (tertiary/aromatic N) is 1. The number of rotatable bonds is 7. The second-order valence-electron chi connectivity index (χ2n) is 5.16. The third kappa shape index (κ3) is 5.88. The minimum Gasteiger partial charge on any atom is -0.380 e. The standard InChI is InChI=1S/C16H25N3O2S/c1-2-20-13-15(19-8-10-21-11-9-19)12-17-16(22)18-14-6-4-3-5-7-14/h3-7,15H,2,8-13H2,1H3,(H2,17,18,22). The number of para-hydroxylation sites is 1. The van der Waals surface area contributed by atoms with Crippen LogP contribution in [0.25, 0.3) is 0 Å². The molecule has 1 fully saturated rings. The summed E-state index contributed by atoms with van der Waals surface area (Å²) in [6, 6.07) is 10.2. The molecule has 0 aromatic heterocycles. The van der Waals surface area contributed by atoms with Crippen molar-refractivity contribution in [2.45, 2.75) is 13.0 Å². The molecule has 0 aliphatic carbocycles. The molecule has 0 amide bonds. The Bertz CT molecular complexity index is 438. The van der Waals surface area contributed by atoms with Gasteiger partial charge in [0.05, 0.1) is 25.9 Å². The maximum absolute atomic E-state index is 5.61. The lowest BCUT2D eigenvalue weighted by molar-refractivity contribution is -0.00739. The summed E-state index contributed by atoms with van der Waals surface area (Å²) < 4.78 is 11.0. The summed E-state index contributed by atoms with van der Waals surface area (Å²) >= 11 is 5.36. The lowest BCUT2D eigenvalue weighted by atomic mass is 10.2. The Labute approximate surface area is 138 Å². The van der Waals surface area contributed by atoms with Gasteiger partial charge in [-0.25, -0.2) is 0 Å². The first kappa shape index (κ1) is 17.1. The molecule has 6 heteroatoms. The van der Waals surface area contributed by atoms with Gasteiger partial charge in [-0.15, -0.1) is 0 Å². The number of benzene rings is 1. The highest BCUT2D eigenvalue weighted by atomic mass is 32.1. The van der Waals surface area contributed by atoms with Crippen molar-refractivity contribution in [3.8, 4) is 0 Å². The van der Waals surface area contributed by atoms with Crippen LogP contribution in [0.15, 0.2) is 30.3 Å². The third-order valence-corrected chi connectivity index (χ3v) is 3.85. The Balaban J connectivity index is 1.80. The first-order chi connectivity index (χ1) is 10.8. The second kappa shape index (κ2) is 9.74. The predicted octanol–water partition coefficient (Wildman–Crippen LogP) is 1.71. The molecule has 2 N–H and O–H groups in total. The van der Waals surface area contributed by atoms with E-state index in [1.165, 1.54) is 0 Å². The van der Waals surface area contributed by atoms with Crippen LogP contribution >= 0.6 is 12.2 Å².